The maximum Gasteiger partial charge on any atom is 0.215 e. The average molecular weight is 136 g/mol. The summed E-state index contributed by atoms with van der Waals surface area (Å²) in [6.07, 6.45) is 0.337. The molecule has 3 nitrogen and oxygen atoms in total. The highest BCUT2D eigenvalue weighted by molar-refractivity contribution is 6.71. The molecule has 0 fully saturated rings. The predicted octanol–water partition coefficient (Wildman–Crippen LogP) is 0.867. The van der Waals surface area contributed by atoms with Crippen molar-refractivity contribution in [3.63, 3.8) is 0 Å². The lowest BCUT2D eigenvalue weighted by atomic mass is 11.7. The lowest BCUT2D eigenvalue weighted by Gasteiger charge is -2.16. The molecule has 4 heteroatoms. The van der Waals surface area contributed by atoms with Crippen LogP contribution in [0.5, 0.6) is 0 Å². The summed E-state index contributed by atoms with van der Waals surface area (Å²) in [7, 11) is -0.0193. The minimum Gasteiger partial charge on any atom is -0.418 e. The molecule has 8 heavy (non-hydrogen) atoms. The van der Waals surface area contributed by atoms with Gasteiger partial charge in [0.2, 0.25) is 8.32 Å². The van der Waals surface area contributed by atoms with E-state index >= 15 is 0 Å². The first-order valence-electron chi connectivity index (χ1n) is 2.44. The Morgan fingerprint density at radius 3 is 2.12 bits per heavy atom. The molecule has 0 heterocycles. The second kappa shape index (κ2) is 3.19. The molecule has 0 rings (SSSR count). The third-order valence-electron chi connectivity index (χ3n) is 0.965. The third-order valence-corrected chi connectivity index (χ3v) is 2.89. The summed E-state index contributed by atoms with van der Waals surface area (Å²) >= 11 is 0. The molecule has 0 saturated carbocycles. The van der Waals surface area contributed by atoms with Gasteiger partial charge in [-0.25, -0.2) is 4.89 Å². The fourth-order valence-electron chi connectivity index (χ4n) is 0.214. The van der Waals surface area contributed by atoms with Crippen LogP contribution in [0.3, 0.4) is 0 Å². The van der Waals surface area contributed by atoms with E-state index < -0.39 is 8.32 Å². The summed E-state index contributed by atoms with van der Waals surface area (Å²) < 4.78 is 5.03. The Balaban J connectivity index is 3.37. The molecule has 0 atom stereocenters. The second-order valence-corrected chi connectivity index (χ2v) is 6.45. The molecule has 0 radical (unpaired) electrons. The van der Waals surface area contributed by atoms with Gasteiger partial charge >= 0.3 is 0 Å². The topological polar surface area (TPSA) is 38.7 Å². The second-order valence-electron chi connectivity index (χ2n) is 2.24. The maximum atomic E-state index is 7.99. The molecular formula is C4H12O3Si. The first-order chi connectivity index (χ1) is 3.62. The number of hydrogen-bond acceptors (Lipinski definition) is 3. The lowest BCUT2D eigenvalue weighted by Crippen LogP contribution is -2.34. The highest BCUT2D eigenvalue weighted by Crippen LogP contribution is 2.00. The Morgan fingerprint density at radius 1 is 1.50 bits per heavy atom. The Labute approximate surface area is 50.3 Å². The van der Waals surface area contributed by atoms with Gasteiger partial charge in [-0.3, -0.25) is 5.26 Å². The van der Waals surface area contributed by atoms with E-state index in [9.17, 15) is 0 Å². The molecule has 0 aliphatic carbocycles. The number of rotatable bonds is 3. The van der Waals surface area contributed by atoms with Gasteiger partial charge in [-0.15, -0.1) is 0 Å². The van der Waals surface area contributed by atoms with Crippen molar-refractivity contribution >= 4 is 8.32 Å². The third kappa shape index (κ3) is 3.14. The van der Waals surface area contributed by atoms with Crippen molar-refractivity contribution in [3.8, 4) is 0 Å². The summed E-state index contributed by atoms with van der Waals surface area (Å²) in [5, 5.41) is 7.99. The van der Waals surface area contributed by atoms with Crippen LogP contribution < -0.4 is 0 Å². The first kappa shape index (κ1) is 8.10. The van der Waals surface area contributed by atoms with Gasteiger partial charge < -0.3 is 4.43 Å². The molecule has 0 amide bonds. The summed E-state index contributed by atoms with van der Waals surface area (Å²) in [6.45, 7) is 3.92. The van der Waals surface area contributed by atoms with Crippen LogP contribution in [0.1, 0.15) is 0 Å². The van der Waals surface area contributed by atoms with Gasteiger partial charge in [-0.1, -0.05) is 0 Å². The van der Waals surface area contributed by atoms with Gasteiger partial charge in [0, 0.05) is 7.11 Å². The smallest absolute Gasteiger partial charge is 0.215 e. The van der Waals surface area contributed by atoms with Crippen molar-refractivity contribution in [3.05, 3.63) is 0 Å². The van der Waals surface area contributed by atoms with Crippen LogP contribution in [0.25, 0.3) is 0 Å². The largest absolute Gasteiger partial charge is 0.418 e. The molecule has 50 valence electrons. The van der Waals surface area contributed by atoms with Crippen molar-refractivity contribution < 1.29 is 14.6 Å². The first-order valence-corrected chi connectivity index (χ1v) is 5.55. The number of hydrogen-bond donors (Lipinski definition) is 1. The average Bonchev–Trinajstić information content (AvgIpc) is 1.67. The van der Waals surface area contributed by atoms with Crippen LogP contribution in [-0.2, 0) is 9.31 Å². The van der Waals surface area contributed by atoms with E-state index in [1.807, 2.05) is 13.1 Å². The molecule has 0 aromatic rings. The monoisotopic (exact) mass is 136 g/mol. The van der Waals surface area contributed by atoms with Crippen LogP contribution >= 0.6 is 0 Å². The summed E-state index contributed by atoms with van der Waals surface area (Å²) in [5.41, 5.74) is 0. The molecule has 0 unspecified atom stereocenters. The SMILES string of the molecule is CO[Si](C)(C)COO. The van der Waals surface area contributed by atoms with E-state index in [2.05, 4.69) is 4.89 Å². The Hall–Kier alpha value is 0.0969. The van der Waals surface area contributed by atoms with E-state index in [0.717, 1.165) is 0 Å². The predicted molar refractivity (Wildman–Crippen MR) is 33.1 cm³/mol. The van der Waals surface area contributed by atoms with Crippen molar-refractivity contribution in [2.24, 2.45) is 0 Å². The van der Waals surface area contributed by atoms with Crippen LogP contribution in [0.15, 0.2) is 0 Å². The molecule has 0 aromatic carbocycles. The quantitative estimate of drug-likeness (QED) is 0.355. The molecule has 0 saturated heterocycles. The van der Waals surface area contributed by atoms with Gasteiger partial charge in [0.05, 0.1) is 0 Å². The molecule has 0 aliphatic rings. The maximum absolute atomic E-state index is 7.99. The van der Waals surface area contributed by atoms with E-state index in [1.54, 1.807) is 7.11 Å². The van der Waals surface area contributed by atoms with Crippen molar-refractivity contribution in [1.82, 2.24) is 0 Å². The molecule has 0 aliphatic heterocycles. The van der Waals surface area contributed by atoms with Gasteiger partial charge in [0.1, 0.15) is 6.23 Å². The highest BCUT2D eigenvalue weighted by atomic mass is 28.4. The zero-order valence-electron chi connectivity index (χ0n) is 5.47. The van der Waals surface area contributed by atoms with Crippen molar-refractivity contribution in [2.45, 2.75) is 13.1 Å². The van der Waals surface area contributed by atoms with Gasteiger partial charge in [0.25, 0.3) is 0 Å². The van der Waals surface area contributed by atoms with E-state index in [-0.39, 0.29) is 0 Å². The van der Waals surface area contributed by atoms with Crippen LogP contribution in [0.4, 0.5) is 0 Å². The minimum absolute atomic E-state index is 0.337. The molecule has 0 aromatic heterocycles. The fraction of sp³-hybridized carbons (Fsp3) is 1.00. The minimum atomic E-state index is -1.65. The lowest BCUT2D eigenvalue weighted by molar-refractivity contribution is -0.228. The Bertz CT molecular complexity index is 64.3. The van der Waals surface area contributed by atoms with E-state index in [0.29, 0.717) is 6.23 Å². The zero-order chi connectivity index (χ0) is 6.62. The highest BCUT2D eigenvalue weighted by Gasteiger charge is 2.20. The molecule has 0 bridgehead atoms. The Morgan fingerprint density at radius 2 is 2.00 bits per heavy atom. The Kier molecular flexibility index (Phi) is 3.23. The van der Waals surface area contributed by atoms with Crippen LogP contribution in [-0.4, -0.2) is 26.9 Å². The summed E-state index contributed by atoms with van der Waals surface area (Å²) in [6, 6.07) is 0. The standard InChI is InChI=1S/C4H12O3Si/c1-6-8(2,3)4-7-5/h5H,4H2,1-3H3. The van der Waals surface area contributed by atoms with Crippen LogP contribution in [0, 0.1) is 0 Å². The fourth-order valence-corrected chi connectivity index (χ4v) is 0.643. The summed E-state index contributed by atoms with van der Waals surface area (Å²) in [5.74, 6) is 0. The van der Waals surface area contributed by atoms with Gasteiger partial charge in [-0.2, -0.15) is 0 Å². The van der Waals surface area contributed by atoms with Gasteiger partial charge in [-0.05, 0) is 13.1 Å². The molecular weight excluding hydrogens is 124 g/mol. The molecule has 0 spiro atoms. The van der Waals surface area contributed by atoms with Crippen molar-refractivity contribution in [2.75, 3.05) is 13.3 Å². The summed E-state index contributed by atoms with van der Waals surface area (Å²) in [4.78, 5) is 3.93. The normalized spacial score (nSPS) is 12.0. The molecule has 1 N–H and O–H groups in total. The van der Waals surface area contributed by atoms with Crippen molar-refractivity contribution in [1.29, 1.82) is 0 Å². The van der Waals surface area contributed by atoms with Crippen LogP contribution in [0.2, 0.25) is 13.1 Å². The van der Waals surface area contributed by atoms with E-state index in [1.165, 1.54) is 0 Å². The van der Waals surface area contributed by atoms with E-state index in [4.69, 9.17) is 9.68 Å². The zero-order valence-corrected chi connectivity index (χ0v) is 6.47. The van der Waals surface area contributed by atoms with Gasteiger partial charge in [0.15, 0.2) is 0 Å².